The molecule has 0 amide bonds. The van der Waals surface area contributed by atoms with Gasteiger partial charge < -0.3 is 19.1 Å². The maximum Gasteiger partial charge on any atom is 0.336 e. The average molecular weight is 245 g/mol. The van der Waals surface area contributed by atoms with Gasteiger partial charge in [0.2, 0.25) is 0 Å². The first-order valence-corrected chi connectivity index (χ1v) is 6.27. The second kappa shape index (κ2) is 8.44. The third kappa shape index (κ3) is 5.48. The molecule has 17 heavy (non-hydrogen) atoms. The Hall–Kier alpha value is -0.650. The normalized spacial score (nSPS) is 18.2. The quantitative estimate of drug-likeness (QED) is 0.465. The molecule has 0 saturated carbocycles. The molecule has 5 heteroatoms. The predicted octanol–water partition coefficient (Wildman–Crippen LogP) is 0.677. The molecule has 1 heterocycles. The van der Waals surface area contributed by atoms with Crippen molar-refractivity contribution in [3.63, 3.8) is 0 Å². The summed E-state index contributed by atoms with van der Waals surface area (Å²) in [7, 11) is 1.61. The number of rotatable bonds is 8. The largest absolute Gasteiger partial charge is 0.464 e. The van der Waals surface area contributed by atoms with Crippen molar-refractivity contribution in [2.24, 2.45) is 0 Å². The maximum absolute atomic E-state index is 11.7. The molecular weight excluding hydrogens is 222 g/mol. The summed E-state index contributed by atoms with van der Waals surface area (Å²) in [4.78, 5) is 14.0. The Morgan fingerprint density at radius 1 is 1.29 bits per heavy atom. The minimum Gasteiger partial charge on any atom is -0.464 e. The van der Waals surface area contributed by atoms with Crippen LogP contribution in [0.15, 0.2) is 0 Å². The third-order valence-electron chi connectivity index (χ3n) is 2.78. The van der Waals surface area contributed by atoms with Gasteiger partial charge in [0.1, 0.15) is 0 Å². The molecule has 1 saturated heterocycles. The summed E-state index contributed by atoms with van der Waals surface area (Å²) in [5.74, 6) is -0.268. The second-order valence-electron chi connectivity index (χ2n) is 4.11. The number of esters is 1. The van der Waals surface area contributed by atoms with Crippen LogP contribution in [0.2, 0.25) is 0 Å². The monoisotopic (exact) mass is 245 g/mol. The van der Waals surface area contributed by atoms with E-state index in [4.69, 9.17) is 14.2 Å². The molecule has 0 radical (unpaired) electrons. The van der Waals surface area contributed by atoms with Gasteiger partial charge in [-0.05, 0) is 32.9 Å². The first-order valence-electron chi connectivity index (χ1n) is 6.27. The highest BCUT2D eigenvalue weighted by Crippen LogP contribution is 2.10. The molecule has 1 rings (SSSR count). The first kappa shape index (κ1) is 14.4. The zero-order valence-corrected chi connectivity index (χ0v) is 10.8. The van der Waals surface area contributed by atoms with Gasteiger partial charge in [-0.15, -0.1) is 0 Å². The second-order valence-corrected chi connectivity index (χ2v) is 4.11. The van der Waals surface area contributed by atoms with Gasteiger partial charge in [0.15, 0.2) is 6.10 Å². The first-order chi connectivity index (χ1) is 8.27. The van der Waals surface area contributed by atoms with Gasteiger partial charge in [0.05, 0.1) is 19.8 Å². The van der Waals surface area contributed by atoms with Crippen molar-refractivity contribution in [3.8, 4) is 0 Å². The van der Waals surface area contributed by atoms with E-state index >= 15 is 0 Å². The summed E-state index contributed by atoms with van der Waals surface area (Å²) in [6.07, 6.45) is 1.92. The highest BCUT2D eigenvalue weighted by Gasteiger charge is 2.25. The van der Waals surface area contributed by atoms with Crippen molar-refractivity contribution in [3.05, 3.63) is 0 Å². The summed E-state index contributed by atoms with van der Waals surface area (Å²) in [5, 5.41) is 0. The Kier molecular flexibility index (Phi) is 7.16. The molecule has 0 aromatic carbocycles. The molecule has 1 atom stereocenters. The van der Waals surface area contributed by atoms with Crippen molar-refractivity contribution < 1.29 is 19.0 Å². The van der Waals surface area contributed by atoms with E-state index < -0.39 is 6.10 Å². The van der Waals surface area contributed by atoms with Crippen LogP contribution in [-0.2, 0) is 19.0 Å². The van der Waals surface area contributed by atoms with Gasteiger partial charge in [-0.3, -0.25) is 0 Å². The Morgan fingerprint density at radius 2 is 2.00 bits per heavy atom. The standard InChI is InChI=1S/C12H23NO4/c1-3-16-12(14)11(17-9-8-15-2)10-13-6-4-5-7-13/h11H,3-10H2,1-2H3. The van der Waals surface area contributed by atoms with Gasteiger partial charge in [-0.1, -0.05) is 0 Å². The minimum absolute atomic E-state index is 0.268. The summed E-state index contributed by atoms with van der Waals surface area (Å²) < 4.78 is 15.4. The lowest BCUT2D eigenvalue weighted by atomic mass is 10.3. The molecule has 0 spiro atoms. The Balaban J connectivity index is 2.36. The van der Waals surface area contributed by atoms with Crippen LogP contribution >= 0.6 is 0 Å². The highest BCUT2D eigenvalue weighted by atomic mass is 16.6. The highest BCUT2D eigenvalue weighted by molar-refractivity contribution is 5.75. The van der Waals surface area contributed by atoms with E-state index in [0.29, 0.717) is 26.4 Å². The number of carbonyl (C=O) groups is 1. The zero-order valence-electron chi connectivity index (χ0n) is 10.8. The lowest BCUT2D eigenvalue weighted by molar-refractivity contribution is -0.158. The van der Waals surface area contributed by atoms with Crippen LogP contribution in [0, 0.1) is 0 Å². The maximum atomic E-state index is 11.7. The Labute approximate surface area is 103 Å². The molecule has 0 aromatic rings. The van der Waals surface area contributed by atoms with Gasteiger partial charge in [-0.2, -0.15) is 0 Å². The van der Waals surface area contributed by atoms with E-state index in [-0.39, 0.29) is 5.97 Å². The SMILES string of the molecule is CCOC(=O)C(CN1CCCC1)OCCOC. The van der Waals surface area contributed by atoms with Crippen molar-refractivity contribution >= 4 is 5.97 Å². The lowest BCUT2D eigenvalue weighted by Gasteiger charge is -2.22. The lowest BCUT2D eigenvalue weighted by Crippen LogP contribution is -2.39. The Morgan fingerprint density at radius 3 is 2.59 bits per heavy atom. The van der Waals surface area contributed by atoms with E-state index in [1.807, 2.05) is 0 Å². The van der Waals surface area contributed by atoms with Crippen LogP contribution in [0.3, 0.4) is 0 Å². The average Bonchev–Trinajstić information content (AvgIpc) is 2.81. The van der Waals surface area contributed by atoms with E-state index in [1.165, 1.54) is 12.8 Å². The van der Waals surface area contributed by atoms with Crippen LogP contribution in [0.25, 0.3) is 0 Å². The third-order valence-corrected chi connectivity index (χ3v) is 2.78. The molecule has 5 nitrogen and oxygen atoms in total. The number of hydrogen-bond donors (Lipinski definition) is 0. The summed E-state index contributed by atoms with van der Waals surface area (Å²) in [5.41, 5.74) is 0. The topological polar surface area (TPSA) is 48.0 Å². The molecule has 1 aliphatic rings. The summed E-state index contributed by atoms with van der Waals surface area (Å²) in [6.45, 7) is 5.84. The molecule has 1 aliphatic heterocycles. The minimum atomic E-state index is -0.483. The predicted molar refractivity (Wildman–Crippen MR) is 63.9 cm³/mol. The van der Waals surface area contributed by atoms with Gasteiger partial charge in [0, 0.05) is 13.7 Å². The van der Waals surface area contributed by atoms with E-state index in [0.717, 1.165) is 13.1 Å². The Bertz CT molecular complexity index is 217. The van der Waals surface area contributed by atoms with Crippen molar-refractivity contribution in [1.82, 2.24) is 4.90 Å². The number of likely N-dealkylation sites (tertiary alicyclic amines) is 1. The van der Waals surface area contributed by atoms with Gasteiger partial charge >= 0.3 is 5.97 Å². The van der Waals surface area contributed by atoms with Crippen molar-refractivity contribution in [1.29, 1.82) is 0 Å². The van der Waals surface area contributed by atoms with Crippen LogP contribution < -0.4 is 0 Å². The molecule has 1 unspecified atom stereocenters. The number of nitrogens with zero attached hydrogens (tertiary/aromatic N) is 1. The fourth-order valence-corrected chi connectivity index (χ4v) is 1.90. The molecule has 0 bridgehead atoms. The number of carbonyl (C=O) groups excluding carboxylic acids is 1. The van der Waals surface area contributed by atoms with E-state index in [2.05, 4.69) is 4.90 Å². The molecule has 0 N–H and O–H groups in total. The molecular formula is C12H23NO4. The molecule has 0 aliphatic carbocycles. The number of ether oxygens (including phenoxy) is 3. The smallest absolute Gasteiger partial charge is 0.336 e. The summed E-state index contributed by atoms with van der Waals surface area (Å²) >= 11 is 0. The molecule has 100 valence electrons. The number of hydrogen-bond acceptors (Lipinski definition) is 5. The van der Waals surface area contributed by atoms with Crippen LogP contribution in [0.1, 0.15) is 19.8 Å². The summed E-state index contributed by atoms with van der Waals surface area (Å²) in [6, 6.07) is 0. The zero-order chi connectivity index (χ0) is 12.5. The van der Waals surface area contributed by atoms with Crippen molar-refractivity contribution in [2.45, 2.75) is 25.9 Å². The molecule has 0 aromatic heterocycles. The van der Waals surface area contributed by atoms with E-state index in [1.54, 1.807) is 14.0 Å². The van der Waals surface area contributed by atoms with Gasteiger partial charge in [0.25, 0.3) is 0 Å². The van der Waals surface area contributed by atoms with Crippen LogP contribution in [-0.4, -0.2) is 63.5 Å². The van der Waals surface area contributed by atoms with Crippen LogP contribution in [0.5, 0.6) is 0 Å². The van der Waals surface area contributed by atoms with E-state index in [9.17, 15) is 4.79 Å². The van der Waals surface area contributed by atoms with Crippen molar-refractivity contribution in [2.75, 3.05) is 46.6 Å². The molecule has 1 fully saturated rings. The fraction of sp³-hybridized carbons (Fsp3) is 0.917. The van der Waals surface area contributed by atoms with Crippen LogP contribution in [0.4, 0.5) is 0 Å². The number of methoxy groups -OCH3 is 1. The fourth-order valence-electron chi connectivity index (χ4n) is 1.90. The van der Waals surface area contributed by atoms with Gasteiger partial charge in [-0.25, -0.2) is 4.79 Å².